The van der Waals surface area contributed by atoms with Crippen molar-refractivity contribution in [1.29, 1.82) is 0 Å². The van der Waals surface area contributed by atoms with Crippen molar-refractivity contribution in [2.75, 3.05) is 75.3 Å². The third kappa shape index (κ3) is 8.00. The Morgan fingerprint density at radius 2 is 1.59 bits per heavy atom. The Morgan fingerprint density at radius 1 is 0.817 bits per heavy atom. The van der Waals surface area contributed by atoms with E-state index in [1.165, 1.54) is 50.1 Å². The molecule has 2 aliphatic carbocycles. The van der Waals surface area contributed by atoms with Crippen molar-refractivity contribution < 1.29 is 37.4 Å². The second kappa shape index (κ2) is 17.0. The molecule has 8 aliphatic rings. The number of imide groups is 1. The number of carbonyl (C=O) groups excluding carboxylic acids is 3. The number of aromatic hydroxyl groups is 1. The lowest BCUT2D eigenvalue weighted by atomic mass is 9.60. The van der Waals surface area contributed by atoms with Gasteiger partial charge in [0.05, 0.1) is 12.0 Å². The van der Waals surface area contributed by atoms with E-state index in [-0.39, 0.29) is 75.0 Å². The minimum absolute atomic E-state index is 0.0274. The molecule has 13 rings (SSSR count). The number of nitrogens with zero attached hydrogens (tertiary/aromatic N) is 8. The number of anilines is 2. The number of aromatic nitrogens is 3. The van der Waals surface area contributed by atoms with E-state index in [1.54, 1.807) is 4.90 Å². The molecular weight excluding hydrogens is 914 g/mol. The molecular formula is C53H57F3N10O5. The molecule has 71 heavy (non-hydrogen) atoms. The van der Waals surface area contributed by atoms with Crippen molar-refractivity contribution in [3.63, 3.8) is 0 Å². The molecule has 2 unspecified atom stereocenters. The van der Waals surface area contributed by atoms with Crippen LogP contribution in [-0.2, 0) is 16.1 Å². The van der Waals surface area contributed by atoms with Crippen molar-refractivity contribution in [2.24, 2.45) is 10.8 Å². The maximum atomic E-state index is 17.0. The van der Waals surface area contributed by atoms with Gasteiger partial charge in [-0.05, 0) is 124 Å². The predicted octanol–water partition coefficient (Wildman–Crippen LogP) is 5.90. The van der Waals surface area contributed by atoms with Crippen molar-refractivity contribution in [3.05, 3.63) is 77.2 Å². The average Bonchev–Trinajstić information content (AvgIpc) is 3.94. The number of phenolic OH excluding ortho intramolecular Hbond substituents is 1. The third-order valence-electron chi connectivity index (χ3n) is 17.4. The van der Waals surface area contributed by atoms with Crippen molar-refractivity contribution >= 4 is 50.9 Å². The molecule has 8 heterocycles. The second-order valence-corrected chi connectivity index (χ2v) is 21.9. The van der Waals surface area contributed by atoms with Crippen LogP contribution in [0.3, 0.4) is 0 Å². The number of pyridine rings is 1. The number of nitrogens with one attached hydrogen (secondary N) is 2. The van der Waals surface area contributed by atoms with E-state index >= 15 is 8.78 Å². The molecule has 2 aromatic heterocycles. The number of amides is 3. The zero-order valence-corrected chi connectivity index (χ0v) is 39.6. The summed E-state index contributed by atoms with van der Waals surface area (Å²) in [4.78, 5) is 62.9. The number of piperidine rings is 2. The fourth-order valence-electron chi connectivity index (χ4n) is 13.2. The van der Waals surface area contributed by atoms with Crippen LogP contribution in [0.5, 0.6) is 11.8 Å². The van der Waals surface area contributed by atoms with Gasteiger partial charge >= 0.3 is 6.01 Å². The number of fused-ring (bicyclic) bond motifs is 5. The molecule has 15 nitrogen and oxygen atoms in total. The first-order chi connectivity index (χ1) is 34.4. The molecule has 5 aromatic rings. The Morgan fingerprint density at radius 3 is 2.34 bits per heavy atom. The second-order valence-electron chi connectivity index (χ2n) is 21.9. The summed E-state index contributed by atoms with van der Waals surface area (Å²) in [6.45, 7) is 8.96. The minimum Gasteiger partial charge on any atom is -0.508 e. The van der Waals surface area contributed by atoms with Gasteiger partial charge in [-0.3, -0.25) is 29.6 Å². The molecule has 3 atom stereocenters. The lowest BCUT2D eigenvalue weighted by Gasteiger charge is -2.56. The number of halogens is 3. The van der Waals surface area contributed by atoms with E-state index in [0.717, 1.165) is 88.8 Å². The van der Waals surface area contributed by atoms with Crippen LogP contribution in [0.15, 0.2) is 48.7 Å². The number of benzene rings is 3. The molecule has 370 valence electrons. The van der Waals surface area contributed by atoms with Gasteiger partial charge in [0.15, 0.2) is 17.5 Å². The van der Waals surface area contributed by atoms with Gasteiger partial charge in [0.2, 0.25) is 11.8 Å². The molecule has 18 heteroatoms. The van der Waals surface area contributed by atoms with Gasteiger partial charge in [-0.15, -0.1) is 0 Å². The summed E-state index contributed by atoms with van der Waals surface area (Å²) < 4.78 is 53.4. The quantitative estimate of drug-likeness (QED) is 0.142. The van der Waals surface area contributed by atoms with Crippen molar-refractivity contribution in [1.82, 2.24) is 40.3 Å². The predicted molar refractivity (Wildman–Crippen MR) is 259 cm³/mol. The van der Waals surface area contributed by atoms with Gasteiger partial charge in [0.1, 0.15) is 28.8 Å². The largest absolute Gasteiger partial charge is 0.508 e. The lowest BCUT2D eigenvalue weighted by molar-refractivity contribution is -0.136. The van der Waals surface area contributed by atoms with Crippen LogP contribution in [0.1, 0.15) is 80.1 Å². The van der Waals surface area contributed by atoms with Gasteiger partial charge in [-0.1, -0.05) is 6.07 Å². The van der Waals surface area contributed by atoms with E-state index in [2.05, 4.69) is 46.3 Å². The smallest absolute Gasteiger partial charge is 0.319 e. The molecule has 3 aromatic carbocycles. The number of piperazine rings is 2. The van der Waals surface area contributed by atoms with Crippen LogP contribution in [0.2, 0.25) is 0 Å². The highest BCUT2D eigenvalue weighted by Gasteiger charge is 2.51. The number of rotatable bonds is 10. The summed E-state index contributed by atoms with van der Waals surface area (Å²) in [6.07, 6.45) is 11.0. The van der Waals surface area contributed by atoms with Crippen molar-refractivity contribution in [2.45, 2.75) is 94.9 Å². The molecule has 3 N–H and O–H groups in total. The summed E-state index contributed by atoms with van der Waals surface area (Å²) in [5.41, 5.74) is 2.65. The highest BCUT2D eigenvalue weighted by atomic mass is 19.2. The average molecular weight is 971 g/mol. The SMILES string of the molecule is O=C1CC[C@H](N2Cc3cc(N4CCN(C5CC6(CCN(CC7(COc8nc(N9CC%10CCC(C9)N%10)c9cnc(-c%10cc(O)cc%11ccc(F)c(F)c%10%11)c(F)c9n8)CC7)CC6)C5)CC4)ccc3C2=O)C(=O)N1. The number of hydrogen-bond donors (Lipinski definition) is 3. The van der Waals surface area contributed by atoms with Crippen LogP contribution in [0.25, 0.3) is 32.9 Å². The molecule has 3 amide bonds. The first kappa shape index (κ1) is 44.8. The number of ether oxygens (including phenoxy) is 1. The van der Waals surface area contributed by atoms with E-state index in [9.17, 15) is 23.9 Å². The summed E-state index contributed by atoms with van der Waals surface area (Å²) >= 11 is 0. The molecule has 2 bridgehead atoms. The molecule has 1 spiro atoms. The minimum atomic E-state index is -1.15. The van der Waals surface area contributed by atoms with E-state index in [0.29, 0.717) is 60.9 Å². The van der Waals surface area contributed by atoms with E-state index in [1.807, 2.05) is 12.1 Å². The van der Waals surface area contributed by atoms with Crippen molar-refractivity contribution in [3.8, 4) is 23.0 Å². The van der Waals surface area contributed by atoms with Gasteiger partial charge in [-0.2, -0.15) is 9.97 Å². The number of likely N-dealkylation sites (tertiary alicyclic amines) is 1. The number of phenols is 1. The maximum Gasteiger partial charge on any atom is 0.319 e. The first-order valence-electron chi connectivity index (χ1n) is 25.5. The Balaban J connectivity index is 0.639. The van der Waals surface area contributed by atoms with Gasteiger partial charge in [0, 0.05) is 111 Å². The Bertz CT molecular complexity index is 3010. The molecule has 0 radical (unpaired) electrons. The highest BCUT2D eigenvalue weighted by Crippen LogP contribution is 2.53. The first-order valence-corrected chi connectivity index (χ1v) is 25.5. The zero-order chi connectivity index (χ0) is 48.3. The topological polar surface area (TPSA) is 160 Å². The van der Waals surface area contributed by atoms with Gasteiger partial charge < -0.3 is 34.8 Å². The molecule has 6 aliphatic heterocycles. The zero-order valence-electron chi connectivity index (χ0n) is 39.6. The standard InChI is InChI=1S/C53H57F3N10O5/c54-40-6-1-30-20-36(67)21-38(43(30)44(40)55)46-45(56)47-39(24-57-46)48(65-26-32-2-3-33(27-65)58-32)61-51(60-47)71-29-53(9-10-53)28-62-13-11-52(12-14-62)22-35(23-52)64-17-15-63(16-18-64)34-4-5-37-31(19-34)25-66(50(37)70)41-7-8-42(68)59-49(41)69/h1,4-6,19-21,24,32-33,35,41,58,67H,2-3,7-18,22-23,25-29H2,(H,59,68,69)/t32?,33?,41-/m0/s1. The van der Waals surface area contributed by atoms with E-state index < -0.39 is 29.4 Å². The molecule has 2 saturated carbocycles. The number of hydrogen-bond acceptors (Lipinski definition) is 13. The summed E-state index contributed by atoms with van der Waals surface area (Å²) in [5, 5.41) is 17.0. The van der Waals surface area contributed by atoms with Crippen LogP contribution >= 0.6 is 0 Å². The molecule has 7 fully saturated rings. The summed E-state index contributed by atoms with van der Waals surface area (Å²) in [7, 11) is 0. The van der Waals surface area contributed by atoms with Crippen LogP contribution in [0.4, 0.5) is 24.7 Å². The summed E-state index contributed by atoms with van der Waals surface area (Å²) in [6, 6.07) is 11.5. The van der Waals surface area contributed by atoms with Gasteiger partial charge in [0.25, 0.3) is 5.91 Å². The summed E-state index contributed by atoms with van der Waals surface area (Å²) in [5.74, 6) is -3.59. The van der Waals surface area contributed by atoms with Crippen LogP contribution < -0.4 is 25.2 Å². The normalized spacial score (nSPS) is 25.3. The fraction of sp³-hybridized carbons (Fsp3) is 0.509. The fourth-order valence-corrected chi connectivity index (χ4v) is 13.2. The molecule has 5 saturated heterocycles. The Hall–Kier alpha value is -6.11. The Labute approximate surface area is 408 Å². The lowest BCUT2D eigenvalue weighted by Crippen LogP contribution is -2.59. The third-order valence-corrected chi connectivity index (χ3v) is 17.4. The van der Waals surface area contributed by atoms with Gasteiger partial charge in [-0.25, -0.2) is 13.2 Å². The Kier molecular flexibility index (Phi) is 10.7. The number of carbonyl (C=O) groups is 3. The van der Waals surface area contributed by atoms with Crippen LogP contribution in [-0.4, -0.2) is 142 Å². The monoisotopic (exact) mass is 970 g/mol. The maximum absolute atomic E-state index is 17.0. The van der Waals surface area contributed by atoms with E-state index in [4.69, 9.17) is 9.72 Å². The van der Waals surface area contributed by atoms with Crippen LogP contribution in [0, 0.1) is 28.3 Å². The highest BCUT2D eigenvalue weighted by molar-refractivity contribution is 6.05.